The van der Waals surface area contributed by atoms with Gasteiger partial charge in [0.15, 0.2) is 0 Å². The van der Waals surface area contributed by atoms with E-state index in [9.17, 15) is 8.42 Å². The molecule has 0 amide bonds. The van der Waals surface area contributed by atoms with Crippen molar-refractivity contribution >= 4 is 10.0 Å². The third kappa shape index (κ3) is 3.44. The van der Waals surface area contributed by atoms with E-state index in [1.165, 1.54) is 19.3 Å². The number of sulfonamides is 1. The summed E-state index contributed by atoms with van der Waals surface area (Å²) in [5.41, 5.74) is 5.36. The second kappa shape index (κ2) is 5.86. The van der Waals surface area contributed by atoms with Gasteiger partial charge in [0.05, 0.1) is 5.75 Å². The van der Waals surface area contributed by atoms with Crippen molar-refractivity contribution < 1.29 is 8.42 Å². The molecular weight excluding hydrogens is 250 g/mol. The number of hydrogen-bond donors (Lipinski definition) is 2. The van der Waals surface area contributed by atoms with Crippen LogP contribution in [0.25, 0.3) is 0 Å². The fourth-order valence-electron chi connectivity index (χ4n) is 3.30. The third-order valence-corrected chi connectivity index (χ3v) is 5.82. The van der Waals surface area contributed by atoms with E-state index in [0.717, 1.165) is 12.8 Å². The zero-order valence-electron chi connectivity index (χ0n) is 11.1. The summed E-state index contributed by atoms with van der Waals surface area (Å²) >= 11 is 0. The molecule has 3 N–H and O–H groups in total. The molecule has 2 fully saturated rings. The number of piperidine rings is 2. The number of nitrogens with one attached hydrogen (secondary N) is 1. The van der Waals surface area contributed by atoms with Gasteiger partial charge in [0.2, 0.25) is 10.0 Å². The first-order valence-corrected chi connectivity index (χ1v) is 8.59. The van der Waals surface area contributed by atoms with Gasteiger partial charge in [-0.15, -0.1) is 0 Å². The molecule has 2 rings (SSSR count). The number of fused-ring (bicyclic) bond motifs is 2. The smallest absolute Gasteiger partial charge is 0.211 e. The van der Waals surface area contributed by atoms with E-state index in [1.54, 1.807) is 0 Å². The SMILES string of the molecule is CN1C2CCCC1CC(NS(=O)(=O)CCCN)C2. The summed E-state index contributed by atoms with van der Waals surface area (Å²) < 4.78 is 26.6. The molecule has 0 aliphatic carbocycles. The van der Waals surface area contributed by atoms with Crippen LogP contribution in [0.2, 0.25) is 0 Å². The maximum atomic E-state index is 11.9. The van der Waals surface area contributed by atoms with Crippen molar-refractivity contribution in [2.24, 2.45) is 5.73 Å². The van der Waals surface area contributed by atoms with Gasteiger partial charge in [0, 0.05) is 18.1 Å². The Morgan fingerprint density at radius 3 is 2.44 bits per heavy atom. The van der Waals surface area contributed by atoms with Gasteiger partial charge in [-0.1, -0.05) is 6.42 Å². The second-order valence-electron chi connectivity index (χ2n) is 5.65. The van der Waals surface area contributed by atoms with Crippen molar-refractivity contribution in [3.63, 3.8) is 0 Å². The van der Waals surface area contributed by atoms with Crippen LogP contribution in [0.15, 0.2) is 0 Å². The summed E-state index contributed by atoms with van der Waals surface area (Å²) in [5, 5.41) is 0. The lowest BCUT2D eigenvalue weighted by atomic mass is 9.83. The molecule has 0 aromatic heterocycles. The van der Waals surface area contributed by atoms with E-state index < -0.39 is 10.0 Å². The number of rotatable bonds is 5. The topological polar surface area (TPSA) is 75.4 Å². The lowest BCUT2D eigenvalue weighted by molar-refractivity contribution is 0.0536. The molecule has 2 aliphatic heterocycles. The van der Waals surface area contributed by atoms with Gasteiger partial charge in [-0.3, -0.25) is 0 Å². The normalized spacial score (nSPS) is 33.6. The standard InChI is InChI=1S/C12H25N3O2S/c1-15-11-4-2-5-12(15)9-10(8-11)14-18(16,17)7-3-6-13/h10-12,14H,2-9,13H2,1H3. The average molecular weight is 275 g/mol. The molecule has 0 aromatic carbocycles. The second-order valence-corrected chi connectivity index (χ2v) is 7.52. The Bertz CT molecular complexity index is 358. The fraction of sp³-hybridized carbons (Fsp3) is 1.00. The van der Waals surface area contributed by atoms with Gasteiger partial charge in [0.1, 0.15) is 0 Å². The van der Waals surface area contributed by atoms with E-state index in [-0.39, 0.29) is 11.8 Å². The highest BCUT2D eigenvalue weighted by atomic mass is 32.2. The van der Waals surface area contributed by atoms with Gasteiger partial charge in [-0.05, 0) is 45.7 Å². The van der Waals surface area contributed by atoms with Crippen molar-refractivity contribution in [3.05, 3.63) is 0 Å². The molecule has 0 aromatic rings. The van der Waals surface area contributed by atoms with Gasteiger partial charge in [0.25, 0.3) is 0 Å². The van der Waals surface area contributed by atoms with Crippen molar-refractivity contribution in [3.8, 4) is 0 Å². The highest BCUT2D eigenvalue weighted by molar-refractivity contribution is 7.89. The molecule has 5 nitrogen and oxygen atoms in total. The molecule has 2 aliphatic rings. The number of nitrogens with two attached hydrogens (primary N) is 1. The van der Waals surface area contributed by atoms with Gasteiger partial charge in [-0.2, -0.15) is 0 Å². The molecule has 2 saturated heterocycles. The summed E-state index contributed by atoms with van der Waals surface area (Å²) in [6, 6.07) is 1.23. The Morgan fingerprint density at radius 2 is 1.89 bits per heavy atom. The molecule has 6 heteroatoms. The molecule has 2 heterocycles. The number of nitrogens with zero attached hydrogens (tertiary/aromatic N) is 1. The maximum Gasteiger partial charge on any atom is 0.211 e. The first-order chi connectivity index (χ1) is 8.52. The highest BCUT2D eigenvalue weighted by Gasteiger charge is 2.37. The Hall–Kier alpha value is -0.170. The molecule has 106 valence electrons. The lowest BCUT2D eigenvalue weighted by Gasteiger charge is -2.47. The molecular formula is C12H25N3O2S. The minimum atomic E-state index is -3.14. The summed E-state index contributed by atoms with van der Waals surface area (Å²) in [4.78, 5) is 2.44. The monoisotopic (exact) mass is 275 g/mol. The first kappa shape index (κ1) is 14.2. The van der Waals surface area contributed by atoms with E-state index >= 15 is 0 Å². The molecule has 0 radical (unpaired) electrons. The van der Waals surface area contributed by atoms with Gasteiger partial charge >= 0.3 is 0 Å². The van der Waals surface area contributed by atoms with Gasteiger partial charge < -0.3 is 10.6 Å². The highest BCUT2D eigenvalue weighted by Crippen LogP contribution is 2.32. The van der Waals surface area contributed by atoms with Crippen LogP contribution >= 0.6 is 0 Å². The van der Waals surface area contributed by atoms with Crippen molar-refractivity contribution in [1.29, 1.82) is 0 Å². The van der Waals surface area contributed by atoms with Crippen LogP contribution in [0.5, 0.6) is 0 Å². The lowest BCUT2D eigenvalue weighted by Crippen LogP contribution is -2.55. The van der Waals surface area contributed by atoms with E-state index in [0.29, 0.717) is 25.0 Å². The van der Waals surface area contributed by atoms with Crippen molar-refractivity contribution in [2.45, 2.75) is 56.7 Å². The zero-order chi connectivity index (χ0) is 13.2. The van der Waals surface area contributed by atoms with Crippen LogP contribution in [0.1, 0.15) is 38.5 Å². The molecule has 2 unspecified atom stereocenters. The van der Waals surface area contributed by atoms with Crippen LogP contribution in [0.3, 0.4) is 0 Å². The Balaban J connectivity index is 1.91. The van der Waals surface area contributed by atoms with Crippen molar-refractivity contribution in [2.75, 3.05) is 19.3 Å². The molecule has 18 heavy (non-hydrogen) atoms. The molecule has 0 saturated carbocycles. The predicted molar refractivity (Wildman–Crippen MR) is 72.8 cm³/mol. The van der Waals surface area contributed by atoms with E-state index in [1.807, 2.05) is 0 Å². The minimum Gasteiger partial charge on any atom is -0.330 e. The molecule has 2 atom stereocenters. The summed E-state index contributed by atoms with van der Waals surface area (Å²) in [6.45, 7) is 0.430. The van der Waals surface area contributed by atoms with E-state index in [4.69, 9.17) is 5.73 Å². The largest absolute Gasteiger partial charge is 0.330 e. The summed E-state index contributed by atoms with van der Waals surface area (Å²) in [6.07, 6.45) is 6.13. The van der Waals surface area contributed by atoms with Crippen LogP contribution < -0.4 is 10.5 Å². The Kier molecular flexibility index (Phi) is 4.64. The van der Waals surface area contributed by atoms with Gasteiger partial charge in [-0.25, -0.2) is 13.1 Å². The zero-order valence-corrected chi connectivity index (χ0v) is 12.0. The maximum absolute atomic E-state index is 11.9. The van der Waals surface area contributed by atoms with Crippen LogP contribution in [-0.4, -0.2) is 50.8 Å². The quantitative estimate of drug-likeness (QED) is 0.755. The molecule has 0 spiro atoms. The van der Waals surface area contributed by atoms with Crippen LogP contribution in [0, 0.1) is 0 Å². The van der Waals surface area contributed by atoms with Crippen LogP contribution in [-0.2, 0) is 10.0 Å². The first-order valence-electron chi connectivity index (χ1n) is 6.94. The summed E-state index contributed by atoms with van der Waals surface area (Å²) in [7, 11) is -0.966. The molecule has 2 bridgehead atoms. The fourth-order valence-corrected chi connectivity index (χ4v) is 4.66. The average Bonchev–Trinajstić information content (AvgIpc) is 2.28. The predicted octanol–water partition coefficient (Wildman–Crippen LogP) is 0.270. The van der Waals surface area contributed by atoms with E-state index in [2.05, 4.69) is 16.7 Å². The Labute approximate surface area is 110 Å². The third-order valence-electron chi connectivity index (χ3n) is 4.30. The minimum absolute atomic E-state index is 0.124. The van der Waals surface area contributed by atoms with Crippen molar-refractivity contribution in [1.82, 2.24) is 9.62 Å². The number of hydrogen-bond acceptors (Lipinski definition) is 4. The Morgan fingerprint density at radius 1 is 1.28 bits per heavy atom. The summed E-state index contributed by atoms with van der Waals surface area (Å²) in [5.74, 6) is 0.158. The van der Waals surface area contributed by atoms with Crippen LogP contribution in [0.4, 0.5) is 0 Å².